The zero-order valence-corrected chi connectivity index (χ0v) is 10.5. The van der Waals surface area contributed by atoms with E-state index >= 15 is 0 Å². The van der Waals surface area contributed by atoms with Gasteiger partial charge in [-0.05, 0) is 38.0 Å². The van der Waals surface area contributed by atoms with Crippen molar-refractivity contribution in [3.8, 4) is 0 Å². The topological polar surface area (TPSA) is 55.1 Å². The van der Waals surface area contributed by atoms with Crippen molar-refractivity contribution in [3.63, 3.8) is 0 Å². The molecule has 3 nitrogen and oxygen atoms in total. The lowest BCUT2D eigenvalue weighted by Crippen LogP contribution is -2.61. The predicted octanol–water partition coefficient (Wildman–Crippen LogP) is 1.95. The normalized spacial score (nSPS) is 28.4. The zero-order chi connectivity index (χ0) is 11.8. The number of primary amides is 1. The monoisotopic (exact) mass is 224 g/mol. The minimum Gasteiger partial charge on any atom is -0.368 e. The first-order chi connectivity index (χ1) is 7.48. The highest BCUT2D eigenvalue weighted by molar-refractivity contribution is 5.86. The summed E-state index contributed by atoms with van der Waals surface area (Å²) in [4.78, 5) is 11.7. The van der Waals surface area contributed by atoms with Gasteiger partial charge in [0.25, 0.3) is 0 Å². The standard InChI is InChI=1S/C13H24N2O/c1-12(8-9-12)13(2,11(14)16)15-10-6-4-3-5-7-10/h10,15H,3-9H2,1-2H3,(H2,14,16). The Labute approximate surface area is 98.2 Å². The highest BCUT2D eigenvalue weighted by atomic mass is 16.1. The van der Waals surface area contributed by atoms with Gasteiger partial charge in [-0.15, -0.1) is 0 Å². The van der Waals surface area contributed by atoms with E-state index in [0.29, 0.717) is 6.04 Å². The number of carbonyl (C=O) groups excluding carboxylic acids is 1. The Morgan fingerprint density at radius 3 is 2.31 bits per heavy atom. The number of carbonyl (C=O) groups is 1. The molecule has 2 aliphatic rings. The number of hydrogen-bond acceptors (Lipinski definition) is 2. The third-order valence-corrected chi connectivity index (χ3v) is 4.80. The van der Waals surface area contributed by atoms with E-state index in [1.54, 1.807) is 0 Å². The van der Waals surface area contributed by atoms with Gasteiger partial charge in [-0.1, -0.05) is 26.2 Å². The van der Waals surface area contributed by atoms with Crippen LogP contribution in [0, 0.1) is 5.41 Å². The Bertz CT molecular complexity index is 280. The third-order valence-electron chi connectivity index (χ3n) is 4.80. The molecule has 0 radical (unpaired) electrons. The molecule has 1 unspecified atom stereocenters. The van der Waals surface area contributed by atoms with Crippen molar-refractivity contribution in [2.45, 2.75) is 70.4 Å². The van der Waals surface area contributed by atoms with E-state index < -0.39 is 5.54 Å². The van der Waals surface area contributed by atoms with Crippen LogP contribution in [0.4, 0.5) is 0 Å². The molecule has 0 heterocycles. The molecule has 0 bridgehead atoms. The van der Waals surface area contributed by atoms with Gasteiger partial charge >= 0.3 is 0 Å². The fraction of sp³-hybridized carbons (Fsp3) is 0.923. The molecule has 1 atom stereocenters. The molecule has 2 saturated carbocycles. The first-order valence-corrected chi connectivity index (χ1v) is 6.56. The van der Waals surface area contributed by atoms with Crippen molar-refractivity contribution < 1.29 is 4.79 Å². The maximum Gasteiger partial charge on any atom is 0.238 e. The van der Waals surface area contributed by atoms with Crippen LogP contribution in [0.3, 0.4) is 0 Å². The maximum absolute atomic E-state index is 11.7. The number of hydrogen-bond donors (Lipinski definition) is 2. The van der Waals surface area contributed by atoms with E-state index in [9.17, 15) is 4.79 Å². The molecule has 2 rings (SSSR count). The van der Waals surface area contributed by atoms with Crippen LogP contribution < -0.4 is 11.1 Å². The van der Waals surface area contributed by atoms with Gasteiger partial charge in [-0.3, -0.25) is 4.79 Å². The van der Waals surface area contributed by atoms with Crippen molar-refractivity contribution in [1.82, 2.24) is 5.32 Å². The Morgan fingerprint density at radius 1 is 1.31 bits per heavy atom. The molecule has 0 saturated heterocycles. The first kappa shape index (κ1) is 11.9. The second kappa shape index (κ2) is 4.02. The quantitative estimate of drug-likeness (QED) is 0.767. The number of nitrogens with two attached hydrogens (primary N) is 1. The smallest absolute Gasteiger partial charge is 0.238 e. The second-order valence-corrected chi connectivity index (χ2v) is 6.03. The van der Waals surface area contributed by atoms with Gasteiger partial charge in [0.05, 0.1) is 0 Å². The van der Waals surface area contributed by atoms with E-state index in [0.717, 1.165) is 12.8 Å². The van der Waals surface area contributed by atoms with E-state index in [-0.39, 0.29) is 11.3 Å². The maximum atomic E-state index is 11.7. The molecule has 2 aliphatic carbocycles. The lowest BCUT2D eigenvalue weighted by atomic mass is 9.81. The fourth-order valence-corrected chi connectivity index (χ4v) is 2.89. The van der Waals surface area contributed by atoms with Crippen LogP contribution in [0.2, 0.25) is 0 Å². The summed E-state index contributed by atoms with van der Waals surface area (Å²) in [5.74, 6) is -0.182. The molecule has 0 aliphatic heterocycles. The van der Waals surface area contributed by atoms with Gasteiger partial charge in [0.1, 0.15) is 5.54 Å². The molecule has 3 N–H and O–H groups in total. The third kappa shape index (κ3) is 1.97. The average molecular weight is 224 g/mol. The van der Waals surface area contributed by atoms with E-state index in [2.05, 4.69) is 12.2 Å². The van der Waals surface area contributed by atoms with Gasteiger partial charge in [0.2, 0.25) is 5.91 Å². The summed E-state index contributed by atoms with van der Waals surface area (Å²) in [6.07, 6.45) is 8.52. The molecular formula is C13H24N2O. The van der Waals surface area contributed by atoms with Crippen LogP contribution in [-0.2, 0) is 4.79 Å². The predicted molar refractivity (Wildman–Crippen MR) is 64.9 cm³/mol. The molecule has 0 aromatic rings. The summed E-state index contributed by atoms with van der Waals surface area (Å²) < 4.78 is 0. The molecule has 1 amide bonds. The molecule has 0 aromatic heterocycles. The lowest BCUT2D eigenvalue weighted by molar-refractivity contribution is -0.126. The Hall–Kier alpha value is -0.570. The molecule has 92 valence electrons. The summed E-state index contributed by atoms with van der Waals surface area (Å²) in [5, 5.41) is 3.56. The molecular weight excluding hydrogens is 200 g/mol. The van der Waals surface area contributed by atoms with Gasteiger partial charge in [-0.25, -0.2) is 0 Å². The highest BCUT2D eigenvalue weighted by Crippen LogP contribution is 2.53. The van der Waals surface area contributed by atoms with Crippen molar-refractivity contribution in [1.29, 1.82) is 0 Å². The summed E-state index contributed by atoms with van der Waals surface area (Å²) in [7, 11) is 0. The number of amides is 1. The lowest BCUT2D eigenvalue weighted by Gasteiger charge is -2.39. The summed E-state index contributed by atoms with van der Waals surface area (Å²) in [6.45, 7) is 4.17. The molecule has 0 spiro atoms. The van der Waals surface area contributed by atoms with Gasteiger partial charge in [0, 0.05) is 6.04 Å². The van der Waals surface area contributed by atoms with E-state index in [1.807, 2.05) is 6.92 Å². The van der Waals surface area contributed by atoms with E-state index in [4.69, 9.17) is 5.73 Å². The first-order valence-electron chi connectivity index (χ1n) is 6.56. The Kier molecular flexibility index (Phi) is 2.99. The fourth-order valence-electron chi connectivity index (χ4n) is 2.89. The van der Waals surface area contributed by atoms with Gasteiger partial charge in [0.15, 0.2) is 0 Å². The summed E-state index contributed by atoms with van der Waals surface area (Å²) in [6, 6.07) is 0.490. The largest absolute Gasteiger partial charge is 0.368 e. The minimum atomic E-state index is -0.505. The van der Waals surface area contributed by atoms with Crippen LogP contribution in [0.1, 0.15) is 58.8 Å². The summed E-state index contributed by atoms with van der Waals surface area (Å²) >= 11 is 0. The molecule has 3 heteroatoms. The molecule has 16 heavy (non-hydrogen) atoms. The zero-order valence-electron chi connectivity index (χ0n) is 10.5. The average Bonchev–Trinajstić information content (AvgIpc) is 2.99. The van der Waals surface area contributed by atoms with Gasteiger partial charge in [-0.2, -0.15) is 0 Å². The van der Waals surface area contributed by atoms with Crippen LogP contribution in [0.15, 0.2) is 0 Å². The summed E-state index contributed by atoms with van der Waals surface area (Å²) in [5.41, 5.74) is 5.20. The highest BCUT2D eigenvalue weighted by Gasteiger charge is 2.57. The molecule has 2 fully saturated rings. The van der Waals surface area contributed by atoms with E-state index in [1.165, 1.54) is 32.1 Å². The number of nitrogens with one attached hydrogen (secondary N) is 1. The van der Waals surface area contributed by atoms with Crippen molar-refractivity contribution in [2.24, 2.45) is 11.1 Å². The second-order valence-electron chi connectivity index (χ2n) is 6.03. The van der Waals surface area contributed by atoms with Crippen LogP contribution in [-0.4, -0.2) is 17.5 Å². The minimum absolute atomic E-state index is 0.0935. The van der Waals surface area contributed by atoms with Crippen LogP contribution in [0.5, 0.6) is 0 Å². The molecule has 0 aromatic carbocycles. The van der Waals surface area contributed by atoms with Crippen molar-refractivity contribution in [3.05, 3.63) is 0 Å². The Morgan fingerprint density at radius 2 is 1.88 bits per heavy atom. The van der Waals surface area contributed by atoms with Crippen molar-refractivity contribution in [2.75, 3.05) is 0 Å². The van der Waals surface area contributed by atoms with Crippen LogP contribution >= 0.6 is 0 Å². The van der Waals surface area contributed by atoms with Gasteiger partial charge < -0.3 is 11.1 Å². The Balaban J connectivity index is 2.05. The van der Waals surface area contributed by atoms with Crippen LogP contribution in [0.25, 0.3) is 0 Å². The SMILES string of the molecule is CC1(C(C)(NC2CCCCC2)C(N)=O)CC1. The number of rotatable bonds is 4. The van der Waals surface area contributed by atoms with Crippen molar-refractivity contribution >= 4 is 5.91 Å².